The maximum absolute atomic E-state index is 5.65. The fraction of sp³-hybridized carbons (Fsp3) is 0.562. The van der Waals surface area contributed by atoms with Crippen molar-refractivity contribution in [3.05, 3.63) is 29.8 Å². The van der Waals surface area contributed by atoms with Crippen molar-refractivity contribution in [2.45, 2.75) is 32.6 Å². The van der Waals surface area contributed by atoms with Crippen molar-refractivity contribution >= 4 is 5.96 Å². The van der Waals surface area contributed by atoms with E-state index in [1.165, 1.54) is 18.4 Å². The zero-order valence-corrected chi connectivity index (χ0v) is 12.3. The summed E-state index contributed by atoms with van der Waals surface area (Å²) in [5.41, 5.74) is 1.29. The number of hydrogen-bond acceptors (Lipinski definition) is 4. The number of guanidine groups is 1. The maximum Gasteiger partial charge on any atom is 0.191 e. The van der Waals surface area contributed by atoms with Gasteiger partial charge in [0.1, 0.15) is 5.75 Å². The molecule has 20 heavy (non-hydrogen) atoms. The van der Waals surface area contributed by atoms with Crippen LogP contribution in [0, 0.1) is 0 Å². The summed E-state index contributed by atoms with van der Waals surface area (Å²) in [6.07, 6.45) is 4.39. The molecule has 0 atom stereocenters. The van der Waals surface area contributed by atoms with Gasteiger partial charge in [-0.25, -0.2) is 0 Å². The van der Waals surface area contributed by atoms with E-state index in [4.69, 9.17) is 4.74 Å². The van der Waals surface area contributed by atoms with Crippen molar-refractivity contribution in [1.82, 2.24) is 10.6 Å². The number of nitrogens with zero attached hydrogens (tertiary/aromatic N) is 1. The molecule has 0 aliphatic carbocycles. The Labute approximate surface area is 121 Å². The molecule has 1 aromatic rings. The first-order valence-corrected chi connectivity index (χ1v) is 7.62. The number of benzene rings is 1. The van der Waals surface area contributed by atoms with Crippen molar-refractivity contribution in [2.75, 3.05) is 26.2 Å². The minimum absolute atomic E-state index is 0.780. The second kappa shape index (κ2) is 8.46. The Kier molecular flexibility index (Phi) is 6.21. The summed E-state index contributed by atoms with van der Waals surface area (Å²) in [4.78, 5) is 4.48. The summed E-state index contributed by atoms with van der Waals surface area (Å²) in [7, 11) is 0. The molecule has 2 N–H and O–H groups in total. The van der Waals surface area contributed by atoms with Gasteiger partial charge in [-0.1, -0.05) is 19.1 Å². The van der Waals surface area contributed by atoms with Crippen LogP contribution in [0.1, 0.15) is 31.7 Å². The highest BCUT2D eigenvalue weighted by molar-refractivity contribution is 5.79. The van der Waals surface area contributed by atoms with E-state index in [1.54, 1.807) is 0 Å². The molecular weight excluding hydrogens is 250 g/mol. The van der Waals surface area contributed by atoms with Gasteiger partial charge in [-0.15, -0.1) is 0 Å². The highest BCUT2D eigenvalue weighted by Gasteiger charge is 2.02. The summed E-state index contributed by atoms with van der Waals surface area (Å²) in [6.45, 7) is 5.74. The van der Waals surface area contributed by atoms with Crippen molar-refractivity contribution in [2.24, 2.45) is 4.99 Å². The molecule has 1 heterocycles. The smallest absolute Gasteiger partial charge is 0.191 e. The molecule has 0 bridgehead atoms. The van der Waals surface area contributed by atoms with Gasteiger partial charge < -0.3 is 15.4 Å². The monoisotopic (exact) mass is 275 g/mol. The molecule has 1 aromatic carbocycles. The molecule has 4 nitrogen and oxygen atoms in total. The quantitative estimate of drug-likeness (QED) is 0.837. The molecule has 0 saturated carbocycles. The Morgan fingerprint density at radius 3 is 3.20 bits per heavy atom. The summed E-state index contributed by atoms with van der Waals surface area (Å²) in [6, 6.07) is 8.34. The minimum atomic E-state index is 0.780. The van der Waals surface area contributed by atoms with Crippen molar-refractivity contribution in [1.29, 1.82) is 0 Å². The first kappa shape index (κ1) is 14.7. The topological polar surface area (TPSA) is 45.6 Å². The second-order valence-corrected chi connectivity index (χ2v) is 5.04. The molecule has 4 heteroatoms. The number of aliphatic imine (C=N–C) groups is 1. The summed E-state index contributed by atoms with van der Waals surface area (Å²) in [5.74, 6) is 1.91. The normalized spacial score (nSPS) is 14.9. The molecule has 1 aliphatic rings. The Morgan fingerprint density at radius 2 is 2.30 bits per heavy atom. The SMILES string of the molecule is CCCOc1cccc(CCNC2=NCCCCN2)c1. The first-order chi connectivity index (χ1) is 9.88. The number of hydrogen-bond donors (Lipinski definition) is 2. The molecule has 0 amide bonds. The van der Waals surface area contributed by atoms with Gasteiger partial charge in [0.15, 0.2) is 5.96 Å². The van der Waals surface area contributed by atoms with E-state index >= 15 is 0 Å². The lowest BCUT2D eigenvalue weighted by Crippen LogP contribution is -2.38. The van der Waals surface area contributed by atoms with Crippen LogP contribution in [0.4, 0.5) is 0 Å². The molecule has 1 aliphatic heterocycles. The lowest BCUT2D eigenvalue weighted by Gasteiger charge is -2.11. The van der Waals surface area contributed by atoms with Gasteiger partial charge in [-0.3, -0.25) is 4.99 Å². The fourth-order valence-electron chi connectivity index (χ4n) is 2.14. The van der Waals surface area contributed by atoms with Gasteiger partial charge >= 0.3 is 0 Å². The number of ether oxygens (including phenoxy) is 1. The summed E-state index contributed by atoms with van der Waals surface area (Å²) < 4.78 is 5.65. The average Bonchev–Trinajstić information content (AvgIpc) is 2.74. The van der Waals surface area contributed by atoms with Gasteiger partial charge in [-0.2, -0.15) is 0 Å². The number of nitrogens with one attached hydrogen (secondary N) is 2. The van der Waals surface area contributed by atoms with E-state index in [0.717, 1.165) is 50.8 Å². The van der Waals surface area contributed by atoms with Crippen LogP contribution in [0.15, 0.2) is 29.3 Å². The maximum atomic E-state index is 5.65. The van der Waals surface area contributed by atoms with E-state index in [1.807, 2.05) is 6.07 Å². The third-order valence-corrected chi connectivity index (χ3v) is 3.22. The van der Waals surface area contributed by atoms with Crippen LogP contribution < -0.4 is 15.4 Å². The zero-order chi connectivity index (χ0) is 14.0. The van der Waals surface area contributed by atoms with Crippen LogP contribution in [0.2, 0.25) is 0 Å². The van der Waals surface area contributed by atoms with E-state index < -0.39 is 0 Å². The van der Waals surface area contributed by atoms with Crippen LogP contribution in [0.25, 0.3) is 0 Å². The highest BCUT2D eigenvalue weighted by atomic mass is 16.5. The fourth-order valence-corrected chi connectivity index (χ4v) is 2.14. The Hall–Kier alpha value is -1.71. The predicted octanol–water partition coefficient (Wildman–Crippen LogP) is 2.35. The van der Waals surface area contributed by atoms with Crippen molar-refractivity contribution in [3.8, 4) is 5.75 Å². The van der Waals surface area contributed by atoms with Gasteiger partial charge in [0.05, 0.1) is 6.61 Å². The molecule has 2 rings (SSSR count). The van der Waals surface area contributed by atoms with Gasteiger partial charge in [0.25, 0.3) is 0 Å². The Morgan fingerprint density at radius 1 is 1.35 bits per heavy atom. The number of rotatable bonds is 6. The van der Waals surface area contributed by atoms with Crippen LogP contribution in [-0.2, 0) is 6.42 Å². The minimum Gasteiger partial charge on any atom is -0.494 e. The van der Waals surface area contributed by atoms with E-state index in [-0.39, 0.29) is 0 Å². The van der Waals surface area contributed by atoms with Crippen molar-refractivity contribution < 1.29 is 4.74 Å². The Bertz CT molecular complexity index is 431. The molecule has 0 unspecified atom stereocenters. The lowest BCUT2D eigenvalue weighted by atomic mass is 10.1. The molecule has 0 radical (unpaired) electrons. The van der Waals surface area contributed by atoms with E-state index in [2.05, 4.69) is 40.7 Å². The summed E-state index contributed by atoms with van der Waals surface area (Å²) >= 11 is 0. The zero-order valence-electron chi connectivity index (χ0n) is 12.3. The van der Waals surface area contributed by atoms with Crippen LogP contribution in [0.3, 0.4) is 0 Å². The third-order valence-electron chi connectivity index (χ3n) is 3.22. The third kappa shape index (κ3) is 5.11. The molecular formula is C16H25N3O. The molecule has 0 saturated heterocycles. The molecule has 110 valence electrons. The first-order valence-electron chi connectivity index (χ1n) is 7.62. The Balaban J connectivity index is 1.77. The highest BCUT2D eigenvalue weighted by Crippen LogP contribution is 2.13. The van der Waals surface area contributed by atoms with E-state index in [9.17, 15) is 0 Å². The largest absolute Gasteiger partial charge is 0.494 e. The predicted molar refractivity (Wildman–Crippen MR) is 83.5 cm³/mol. The lowest BCUT2D eigenvalue weighted by molar-refractivity contribution is 0.317. The van der Waals surface area contributed by atoms with Gasteiger partial charge in [-0.05, 0) is 43.4 Å². The van der Waals surface area contributed by atoms with Gasteiger partial charge in [0, 0.05) is 19.6 Å². The van der Waals surface area contributed by atoms with Crippen LogP contribution in [0.5, 0.6) is 5.75 Å². The molecule has 0 aromatic heterocycles. The van der Waals surface area contributed by atoms with Crippen LogP contribution >= 0.6 is 0 Å². The van der Waals surface area contributed by atoms with Crippen LogP contribution in [-0.4, -0.2) is 32.2 Å². The van der Waals surface area contributed by atoms with E-state index in [0.29, 0.717) is 0 Å². The molecule has 0 fully saturated rings. The summed E-state index contributed by atoms with van der Waals surface area (Å²) in [5, 5.41) is 6.69. The molecule has 0 spiro atoms. The van der Waals surface area contributed by atoms with Crippen molar-refractivity contribution in [3.63, 3.8) is 0 Å². The average molecular weight is 275 g/mol. The standard InChI is InChI=1S/C16H25N3O/c1-2-12-20-15-7-5-6-14(13-15)8-11-19-16-17-9-3-4-10-18-16/h5-7,13H,2-4,8-12H2,1H3,(H2,17,18,19). The second-order valence-electron chi connectivity index (χ2n) is 5.04. The van der Waals surface area contributed by atoms with Gasteiger partial charge in [0.2, 0.25) is 0 Å².